The molecule has 0 radical (unpaired) electrons. The Bertz CT molecular complexity index is 760. The van der Waals surface area contributed by atoms with Gasteiger partial charge in [-0.1, -0.05) is 12.1 Å². The number of hydrogen-bond donors (Lipinski definition) is 2. The average Bonchev–Trinajstić information content (AvgIpc) is 2.56. The number of carbonyl (C=O) groups is 2. The van der Waals surface area contributed by atoms with Gasteiger partial charge in [-0.3, -0.25) is 19.5 Å². The Morgan fingerprint density at radius 2 is 1.96 bits per heavy atom. The predicted molar refractivity (Wildman–Crippen MR) is 103 cm³/mol. The highest BCUT2D eigenvalue weighted by atomic mass is 16.2. The maximum atomic E-state index is 12.4. The number of hydrogen-bond acceptors (Lipinski definition) is 4. The lowest BCUT2D eigenvalue weighted by Gasteiger charge is -2.17. The number of aromatic nitrogens is 1. The molecular weight excluding hydrogens is 328 g/mol. The fraction of sp³-hybridized carbons (Fsp3) is 0.350. The van der Waals surface area contributed by atoms with Gasteiger partial charge >= 0.3 is 0 Å². The number of nitrogens with zero attached hydrogens (tertiary/aromatic N) is 2. The molecule has 0 saturated heterocycles. The molecule has 1 aromatic carbocycles. The quantitative estimate of drug-likeness (QED) is 0.801. The molecule has 1 aromatic heterocycles. The van der Waals surface area contributed by atoms with Gasteiger partial charge in [0.2, 0.25) is 5.91 Å². The molecule has 2 N–H and O–H groups in total. The van der Waals surface area contributed by atoms with Gasteiger partial charge in [-0.15, -0.1) is 0 Å². The largest absolute Gasteiger partial charge is 0.350 e. The molecule has 1 heterocycles. The van der Waals surface area contributed by atoms with Crippen LogP contribution in [0.25, 0.3) is 0 Å². The summed E-state index contributed by atoms with van der Waals surface area (Å²) in [5.74, 6) is -0.282. The molecule has 26 heavy (non-hydrogen) atoms. The summed E-state index contributed by atoms with van der Waals surface area (Å²) < 4.78 is 0. The number of likely N-dealkylation sites (N-methyl/N-ethyl adjacent to an activating group) is 1. The van der Waals surface area contributed by atoms with Crippen LogP contribution >= 0.6 is 0 Å². The maximum Gasteiger partial charge on any atom is 0.251 e. The first-order chi connectivity index (χ1) is 12.3. The third-order valence-electron chi connectivity index (χ3n) is 3.77. The number of nitrogens with one attached hydrogen (secondary N) is 2. The van der Waals surface area contributed by atoms with E-state index in [1.54, 1.807) is 18.3 Å². The van der Waals surface area contributed by atoms with Gasteiger partial charge in [0.1, 0.15) is 0 Å². The van der Waals surface area contributed by atoms with Crippen molar-refractivity contribution in [3.63, 3.8) is 0 Å². The Morgan fingerprint density at radius 1 is 1.19 bits per heavy atom. The van der Waals surface area contributed by atoms with Crippen LogP contribution < -0.4 is 10.6 Å². The standard InChI is InChI=1S/C20H26N4O2/c1-14(2)22-20(26)16-9-8-15(3)18(11-16)23-19(25)13-24(4)12-17-7-5-6-10-21-17/h5-11,14H,12-13H2,1-4H3,(H,22,26)(H,23,25). The number of aryl methyl sites for hydroxylation is 1. The Balaban J connectivity index is 1.98. The molecule has 0 aliphatic carbocycles. The molecule has 2 rings (SSSR count). The minimum Gasteiger partial charge on any atom is -0.350 e. The van der Waals surface area contributed by atoms with Gasteiger partial charge in [0, 0.05) is 30.0 Å². The summed E-state index contributed by atoms with van der Waals surface area (Å²) in [6, 6.07) is 11.1. The molecule has 2 amide bonds. The molecule has 138 valence electrons. The number of pyridine rings is 1. The zero-order chi connectivity index (χ0) is 19.1. The van der Waals surface area contributed by atoms with Crippen LogP contribution in [0.3, 0.4) is 0 Å². The van der Waals surface area contributed by atoms with Crippen LogP contribution in [0.15, 0.2) is 42.6 Å². The van der Waals surface area contributed by atoms with Crippen LogP contribution in [0.1, 0.15) is 35.5 Å². The first-order valence-electron chi connectivity index (χ1n) is 8.65. The molecule has 6 heteroatoms. The first kappa shape index (κ1) is 19.6. The van der Waals surface area contributed by atoms with Gasteiger partial charge in [-0.05, 0) is 57.6 Å². The summed E-state index contributed by atoms with van der Waals surface area (Å²) in [5.41, 5.74) is 3.00. The lowest BCUT2D eigenvalue weighted by atomic mass is 10.1. The Labute approximate surface area is 154 Å². The molecule has 0 unspecified atom stereocenters. The van der Waals surface area contributed by atoms with Gasteiger partial charge in [0.25, 0.3) is 5.91 Å². The predicted octanol–water partition coefficient (Wildman–Crippen LogP) is 2.60. The highest BCUT2D eigenvalue weighted by molar-refractivity contribution is 5.98. The van der Waals surface area contributed by atoms with Gasteiger partial charge in [-0.25, -0.2) is 0 Å². The molecule has 0 bridgehead atoms. The Hall–Kier alpha value is -2.73. The number of benzene rings is 1. The van der Waals surface area contributed by atoms with Crippen LogP contribution in [0.4, 0.5) is 5.69 Å². The highest BCUT2D eigenvalue weighted by Crippen LogP contribution is 2.17. The van der Waals surface area contributed by atoms with Crippen molar-refractivity contribution < 1.29 is 9.59 Å². The van der Waals surface area contributed by atoms with Gasteiger partial charge in [0.15, 0.2) is 0 Å². The highest BCUT2D eigenvalue weighted by Gasteiger charge is 2.12. The molecular formula is C20H26N4O2. The topological polar surface area (TPSA) is 74.3 Å². The number of anilines is 1. The summed E-state index contributed by atoms with van der Waals surface area (Å²) >= 11 is 0. The summed E-state index contributed by atoms with van der Waals surface area (Å²) in [4.78, 5) is 30.6. The summed E-state index contributed by atoms with van der Waals surface area (Å²) in [6.45, 7) is 6.54. The van der Waals surface area contributed by atoms with E-state index in [0.717, 1.165) is 11.3 Å². The van der Waals surface area contributed by atoms with Gasteiger partial charge in [0.05, 0.1) is 12.2 Å². The van der Waals surface area contributed by atoms with Gasteiger partial charge < -0.3 is 10.6 Å². The van der Waals surface area contributed by atoms with Crippen LogP contribution in [0, 0.1) is 6.92 Å². The van der Waals surface area contributed by atoms with Crippen LogP contribution in [0.2, 0.25) is 0 Å². The van der Waals surface area contributed by atoms with Crippen LogP contribution in [-0.2, 0) is 11.3 Å². The van der Waals surface area contributed by atoms with Crippen molar-refractivity contribution in [1.29, 1.82) is 0 Å². The van der Waals surface area contributed by atoms with Crippen molar-refractivity contribution in [3.05, 3.63) is 59.4 Å². The van der Waals surface area contributed by atoms with Crippen molar-refractivity contribution in [2.75, 3.05) is 18.9 Å². The molecule has 0 fully saturated rings. The molecule has 0 aliphatic rings. The molecule has 0 spiro atoms. The third kappa shape index (κ3) is 5.97. The summed E-state index contributed by atoms with van der Waals surface area (Å²) in [6.07, 6.45) is 1.74. The third-order valence-corrected chi connectivity index (χ3v) is 3.77. The molecule has 0 saturated carbocycles. The van der Waals surface area contributed by atoms with Crippen molar-refractivity contribution in [2.45, 2.75) is 33.4 Å². The Morgan fingerprint density at radius 3 is 2.62 bits per heavy atom. The van der Waals surface area contributed by atoms with E-state index in [2.05, 4.69) is 15.6 Å². The minimum absolute atomic E-state index is 0.0575. The second-order valence-electron chi connectivity index (χ2n) is 6.70. The second kappa shape index (κ2) is 9.10. The summed E-state index contributed by atoms with van der Waals surface area (Å²) in [5, 5.41) is 5.75. The van der Waals surface area contributed by atoms with Crippen molar-refractivity contribution in [3.8, 4) is 0 Å². The summed E-state index contributed by atoms with van der Waals surface area (Å²) in [7, 11) is 1.87. The fourth-order valence-corrected chi connectivity index (χ4v) is 2.50. The SMILES string of the molecule is Cc1ccc(C(=O)NC(C)C)cc1NC(=O)CN(C)Cc1ccccn1. The average molecular weight is 354 g/mol. The van der Waals surface area contributed by atoms with Crippen molar-refractivity contribution in [1.82, 2.24) is 15.2 Å². The molecule has 2 aromatic rings. The smallest absolute Gasteiger partial charge is 0.251 e. The number of rotatable bonds is 7. The number of amides is 2. The van der Waals surface area contributed by atoms with E-state index >= 15 is 0 Å². The second-order valence-corrected chi connectivity index (χ2v) is 6.70. The van der Waals surface area contributed by atoms with E-state index in [1.165, 1.54) is 0 Å². The van der Waals surface area contributed by atoms with Gasteiger partial charge in [-0.2, -0.15) is 0 Å². The monoisotopic (exact) mass is 354 g/mol. The van der Waals surface area contributed by atoms with E-state index < -0.39 is 0 Å². The lowest BCUT2D eigenvalue weighted by Crippen LogP contribution is -2.31. The van der Waals surface area contributed by atoms with Crippen molar-refractivity contribution in [2.24, 2.45) is 0 Å². The maximum absolute atomic E-state index is 12.4. The molecule has 0 aliphatic heterocycles. The van der Waals surface area contributed by atoms with E-state index in [1.807, 2.05) is 57.0 Å². The van der Waals surface area contributed by atoms with E-state index in [-0.39, 0.29) is 24.4 Å². The van der Waals surface area contributed by atoms with E-state index in [0.29, 0.717) is 17.8 Å². The van der Waals surface area contributed by atoms with E-state index in [4.69, 9.17) is 0 Å². The first-order valence-corrected chi connectivity index (χ1v) is 8.65. The lowest BCUT2D eigenvalue weighted by molar-refractivity contribution is -0.117. The zero-order valence-corrected chi connectivity index (χ0v) is 15.7. The molecule has 0 atom stereocenters. The van der Waals surface area contributed by atoms with Crippen LogP contribution in [-0.4, -0.2) is 41.3 Å². The van der Waals surface area contributed by atoms with Crippen molar-refractivity contribution >= 4 is 17.5 Å². The Kier molecular flexibility index (Phi) is 6.86. The minimum atomic E-state index is -0.150. The van der Waals surface area contributed by atoms with E-state index in [9.17, 15) is 9.59 Å². The molecule has 6 nitrogen and oxygen atoms in total. The normalized spacial score (nSPS) is 10.8. The fourth-order valence-electron chi connectivity index (χ4n) is 2.50. The number of carbonyl (C=O) groups excluding carboxylic acids is 2. The van der Waals surface area contributed by atoms with Crippen LogP contribution in [0.5, 0.6) is 0 Å². The zero-order valence-electron chi connectivity index (χ0n) is 15.7.